The fraction of sp³-hybridized carbons (Fsp3) is 0.0476. The number of alkyl halides is 3. The molecule has 0 saturated heterocycles. The third kappa shape index (κ3) is 5.95. The van der Waals surface area contributed by atoms with Crippen LogP contribution in [0.3, 0.4) is 0 Å². The maximum absolute atomic E-state index is 12.4. The van der Waals surface area contributed by atoms with Crippen LogP contribution in [0, 0.1) is 0 Å². The summed E-state index contributed by atoms with van der Waals surface area (Å²) in [6.07, 6.45) is -2.30. The molecule has 2 aromatic carbocycles. The second-order valence-corrected chi connectivity index (χ2v) is 6.93. The molecule has 30 heavy (non-hydrogen) atoms. The van der Waals surface area contributed by atoms with Gasteiger partial charge in [0.25, 0.3) is 5.91 Å². The van der Waals surface area contributed by atoms with E-state index in [4.69, 9.17) is 5.11 Å². The quantitative estimate of drug-likeness (QED) is 0.492. The molecule has 0 aliphatic heterocycles. The number of amides is 1. The van der Waals surface area contributed by atoms with E-state index in [9.17, 15) is 22.8 Å². The number of rotatable bonds is 6. The molecule has 3 aromatic rings. The van der Waals surface area contributed by atoms with Crippen molar-refractivity contribution in [3.8, 4) is 16.9 Å². The van der Waals surface area contributed by atoms with Crippen LogP contribution in [0.4, 0.5) is 18.9 Å². The van der Waals surface area contributed by atoms with Gasteiger partial charge in [-0.2, -0.15) is 0 Å². The minimum Gasteiger partial charge on any atom is -0.478 e. The zero-order valence-electron chi connectivity index (χ0n) is 15.1. The number of benzene rings is 2. The molecule has 0 atom stereocenters. The van der Waals surface area contributed by atoms with E-state index in [0.29, 0.717) is 27.3 Å². The number of aliphatic carboxylic acids is 1. The van der Waals surface area contributed by atoms with E-state index in [-0.39, 0.29) is 11.7 Å². The Bertz CT molecular complexity index is 1070. The summed E-state index contributed by atoms with van der Waals surface area (Å²) in [6.45, 7) is 0. The molecule has 0 bridgehead atoms. The zero-order chi connectivity index (χ0) is 21.7. The van der Waals surface area contributed by atoms with Crippen LogP contribution < -0.4 is 10.1 Å². The molecule has 0 radical (unpaired) electrons. The Kier molecular flexibility index (Phi) is 6.22. The van der Waals surface area contributed by atoms with Crippen molar-refractivity contribution in [1.82, 2.24) is 0 Å². The predicted molar refractivity (Wildman–Crippen MR) is 108 cm³/mol. The first kappa shape index (κ1) is 21.1. The minimum atomic E-state index is -4.75. The maximum Gasteiger partial charge on any atom is 0.573 e. The standard InChI is InChI=1S/C21H14F3NO4S/c22-21(23,24)29-17-8-4-14(5-9-17)15-11-18(30-12-15)20(28)25-16-6-1-13(2-7-16)3-10-19(26)27/h1-12H,(H,25,28)(H,26,27)/b10-3+. The van der Waals surface area contributed by atoms with E-state index in [2.05, 4.69) is 10.1 Å². The number of carboxylic acids is 1. The number of carboxylic acid groups (broad SMARTS) is 1. The average molecular weight is 433 g/mol. The predicted octanol–water partition coefficient (Wildman–Crippen LogP) is 5.66. The number of ether oxygens (including phenoxy) is 1. The zero-order valence-corrected chi connectivity index (χ0v) is 16.0. The Morgan fingerprint density at radius 3 is 2.27 bits per heavy atom. The van der Waals surface area contributed by atoms with Gasteiger partial charge >= 0.3 is 12.3 Å². The number of carbonyl (C=O) groups is 2. The first-order chi connectivity index (χ1) is 14.2. The van der Waals surface area contributed by atoms with Crippen LogP contribution in [0.25, 0.3) is 17.2 Å². The highest BCUT2D eigenvalue weighted by Gasteiger charge is 2.31. The van der Waals surface area contributed by atoms with Crippen molar-refractivity contribution in [2.75, 3.05) is 5.32 Å². The SMILES string of the molecule is O=C(O)/C=C/c1ccc(NC(=O)c2cc(-c3ccc(OC(F)(F)F)cc3)cs2)cc1. The van der Waals surface area contributed by atoms with Crippen LogP contribution in [-0.4, -0.2) is 23.3 Å². The number of nitrogens with one attached hydrogen (secondary N) is 1. The molecule has 0 saturated carbocycles. The Balaban J connectivity index is 1.65. The largest absolute Gasteiger partial charge is 0.573 e. The lowest BCUT2D eigenvalue weighted by molar-refractivity contribution is -0.274. The summed E-state index contributed by atoms with van der Waals surface area (Å²) in [5.41, 5.74) is 2.55. The van der Waals surface area contributed by atoms with Crippen molar-refractivity contribution in [2.45, 2.75) is 6.36 Å². The van der Waals surface area contributed by atoms with Crippen LogP contribution in [-0.2, 0) is 4.79 Å². The van der Waals surface area contributed by atoms with Crippen molar-refractivity contribution in [2.24, 2.45) is 0 Å². The van der Waals surface area contributed by atoms with Crippen molar-refractivity contribution < 1.29 is 32.6 Å². The lowest BCUT2D eigenvalue weighted by Gasteiger charge is -2.08. The summed E-state index contributed by atoms with van der Waals surface area (Å²) >= 11 is 1.20. The highest BCUT2D eigenvalue weighted by Crippen LogP contribution is 2.29. The number of hydrogen-bond donors (Lipinski definition) is 2. The Morgan fingerprint density at radius 2 is 1.67 bits per heavy atom. The van der Waals surface area contributed by atoms with Gasteiger partial charge in [0.15, 0.2) is 0 Å². The van der Waals surface area contributed by atoms with E-state index in [1.54, 1.807) is 35.7 Å². The summed E-state index contributed by atoms with van der Waals surface area (Å²) in [5.74, 6) is -1.71. The van der Waals surface area contributed by atoms with Crippen LogP contribution in [0.2, 0.25) is 0 Å². The van der Waals surface area contributed by atoms with Crippen molar-refractivity contribution in [1.29, 1.82) is 0 Å². The van der Waals surface area contributed by atoms with E-state index < -0.39 is 12.3 Å². The summed E-state index contributed by atoms with van der Waals surface area (Å²) in [7, 11) is 0. The average Bonchev–Trinajstić information content (AvgIpc) is 3.17. The third-order valence-corrected chi connectivity index (χ3v) is 4.76. The van der Waals surface area contributed by atoms with E-state index in [1.807, 2.05) is 0 Å². The lowest BCUT2D eigenvalue weighted by Crippen LogP contribution is -2.16. The van der Waals surface area contributed by atoms with Gasteiger partial charge in [-0.25, -0.2) is 4.79 Å². The number of hydrogen-bond acceptors (Lipinski definition) is 4. The smallest absolute Gasteiger partial charge is 0.478 e. The lowest BCUT2D eigenvalue weighted by atomic mass is 10.1. The summed E-state index contributed by atoms with van der Waals surface area (Å²) in [5, 5.41) is 13.1. The second kappa shape index (κ2) is 8.83. The Hall–Kier alpha value is -3.59. The van der Waals surface area contributed by atoms with Gasteiger partial charge in [-0.15, -0.1) is 24.5 Å². The molecule has 154 valence electrons. The molecule has 1 aromatic heterocycles. The Labute approximate surface area is 173 Å². The van der Waals surface area contributed by atoms with Gasteiger partial charge in [0.05, 0.1) is 4.88 Å². The highest BCUT2D eigenvalue weighted by molar-refractivity contribution is 7.12. The molecular weight excluding hydrogens is 419 g/mol. The number of carbonyl (C=O) groups excluding carboxylic acids is 1. The van der Waals surface area contributed by atoms with Crippen LogP contribution >= 0.6 is 11.3 Å². The molecule has 2 N–H and O–H groups in total. The van der Waals surface area contributed by atoms with Crippen LogP contribution in [0.15, 0.2) is 66.1 Å². The molecule has 1 amide bonds. The molecule has 1 heterocycles. The molecular formula is C21H14F3NO4S. The van der Waals surface area contributed by atoms with E-state index in [1.165, 1.54) is 41.7 Å². The monoisotopic (exact) mass is 433 g/mol. The summed E-state index contributed by atoms with van der Waals surface area (Å²) in [4.78, 5) is 23.4. The van der Waals surface area contributed by atoms with Gasteiger partial charge in [-0.1, -0.05) is 24.3 Å². The van der Waals surface area contributed by atoms with Crippen LogP contribution in [0.5, 0.6) is 5.75 Å². The van der Waals surface area contributed by atoms with E-state index >= 15 is 0 Å². The highest BCUT2D eigenvalue weighted by atomic mass is 32.1. The Morgan fingerprint density at radius 1 is 1.00 bits per heavy atom. The summed E-state index contributed by atoms with van der Waals surface area (Å²) in [6, 6.07) is 13.6. The minimum absolute atomic E-state index is 0.318. The van der Waals surface area contributed by atoms with Gasteiger partial charge in [0, 0.05) is 11.8 Å². The molecule has 0 unspecified atom stereocenters. The van der Waals surface area contributed by atoms with Gasteiger partial charge in [0.2, 0.25) is 0 Å². The molecule has 3 rings (SSSR count). The summed E-state index contributed by atoms with van der Waals surface area (Å²) < 4.78 is 40.6. The van der Waals surface area contributed by atoms with Gasteiger partial charge in [-0.3, -0.25) is 4.79 Å². The van der Waals surface area contributed by atoms with Gasteiger partial charge < -0.3 is 15.2 Å². The molecule has 5 nitrogen and oxygen atoms in total. The normalized spacial score (nSPS) is 11.4. The van der Waals surface area contributed by atoms with Gasteiger partial charge in [-0.05, 0) is 58.5 Å². The van der Waals surface area contributed by atoms with Crippen molar-refractivity contribution >= 4 is 35.0 Å². The first-order valence-corrected chi connectivity index (χ1v) is 9.35. The van der Waals surface area contributed by atoms with Crippen molar-refractivity contribution in [3.05, 3.63) is 76.5 Å². The molecule has 0 spiro atoms. The molecule has 0 fully saturated rings. The first-order valence-electron chi connectivity index (χ1n) is 8.47. The molecule has 0 aliphatic carbocycles. The molecule has 0 aliphatic rings. The number of halogens is 3. The third-order valence-electron chi connectivity index (χ3n) is 3.83. The maximum atomic E-state index is 12.4. The van der Waals surface area contributed by atoms with Crippen LogP contribution in [0.1, 0.15) is 15.2 Å². The number of anilines is 1. The van der Waals surface area contributed by atoms with Gasteiger partial charge in [0.1, 0.15) is 5.75 Å². The fourth-order valence-corrected chi connectivity index (χ4v) is 3.30. The van der Waals surface area contributed by atoms with Crippen molar-refractivity contribution in [3.63, 3.8) is 0 Å². The number of thiophene rings is 1. The molecule has 9 heteroatoms. The van der Waals surface area contributed by atoms with E-state index in [0.717, 1.165) is 6.08 Å². The topological polar surface area (TPSA) is 75.6 Å². The fourth-order valence-electron chi connectivity index (χ4n) is 2.49. The second-order valence-electron chi connectivity index (χ2n) is 6.02.